The monoisotopic (exact) mass is 440 g/mol. The minimum absolute atomic E-state index is 0. The van der Waals surface area contributed by atoms with Crippen LogP contribution in [0.5, 0.6) is 0 Å². The average Bonchev–Trinajstić information content (AvgIpc) is 3.24. The minimum Gasteiger partial charge on any atom is -1.00 e. The fourth-order valence-electron chi connectivity index (χ4n) is 3.33. The Morgan fingerprint density at radius 2 is 1.38 bits per heavy atom. The third-order valence-electron chi connectivity index (χ3n) is 4.63. The normalized spacial score (nSPS) is 24.5. The summed E-state index contributed by atoms with van der Waals surface area (Å²) in [6.45, 7) is 2.15. The molecule has 2 fully saturated rings. The Balaban J connectivity index is 0.000000341. The molecule has 4 aliphatic carbocycles. The maximum absolute atomic E-state index is 2.37. The van der Waals surface area contributed by atoms with Gasteiger partial charge in [0.05, 0.1) is 0 Å². The van der Waals surface area contributed by atoms with Crippen molar-refractivity contribution in [1.29, 1.82) is 0 Å². The van der Waals surface area contributed by atoms with Crippen molar-refractivity contribution in [3.05, 3.63) is 60.4 Å². The second-order valence-electron chi connectivity index (χ2n) is 6.23. The smallest absolute Gasteiger partial charge is 1.00 e. The molecule has 2 atom stereocenters. The molecule has 0 N–H and O–H groups in total. The van der Waals surface area contributed by atoms with Crippen LogP contribution in [0.2, 0.25) is 0 Å². The largest absolute Gasteiger partial charge is 1.00 e. The van der Waals surface area contributed by atoms with Crippen LogP contribution in [-0.2, 0) is 24.2 Å². The summed E-state index contributed by atoms with van der Waals surface area (Å²) in [6, 6.07) is 0. The fourth-order valence-corrected chi connectivity index (χ4v) is 3.33. The predicted octanol–water partition coefficient (Wildman–Crippen LogP) is -0.273. The number of hydrogen-bond donors (Lipinski definition) is 0. The third-order valence-corrected chi connectivity index (χ3v) is 5.63. The van der Waals surface area contributed by atoms with Crippen LogP contribution >= 0.6 is 0 Å². The second-order valence-corrected chi connectivity index (χ2v) is 7.23. The van der Waals surface area contributed by atoms with Gasteiger partial charge in [0, 0.05) is 0 Å². The number of fused-ring (bicyclic) bond motifs is 2. The van der Waals surface area contributed by atoms with Gasteiger partial charge in [0.15, 0.2) is 0 Å². The van der Waals surface area contributed by atoms with E-state index in [0.717, 1.165) is 11.8 Å². The molecular weight excluding hydrogens is 414 g/mol. The zero-order valence-corrected chi connectivity index (χ0v) is 18.5. The molecule has 0 saturated heterocycles. The van der Waals surface area contributed by atoms with E-state index in [4.69, 9.17) is 0 Å². The van der Waals surface area contributed by atoms with E-state index in [1.807, 2.05) is 0 Å². The Kier molecular flexibility index (Phi) is 14.2. The van der Waals surface area contributed by atoms with Crippen molar-refractivity contribution in [1.82, 2.24) is 0 Å². The van der Waals surface area contributed by atoms with Gasteiger partial charge in [0.2, 0.25) is 0 Å². The summed E-state index contributed by atoms with van der Waals surface area (Å²) in [5.74, 6) is 1.77. The Labute approximate surface area is 176 Å². The molecule has 0 nitrogen and oxygen atoms in total. The van der Waals surface area contributed by atoms with Gasteiger partial charge < -0.3 is 24.8 Å². The van der Waals surface area contributed by atoms with Crippen molar-refractivity contribution in [2.24, 2.45) is 11.8 Å². The Hall–Kier alpha value is 0.0331. The van der Waals surface area contributed by atoms with Crippen LogP contribution in [-0.4, -0.2) is 3.71 Å². The van der Waals surface area contributed by atoms with E-state index in [1.54, 1.807) is 35.4 Å². The second kappa shape index (κ2) is 14.2. The van der Waals surface area contributed by atoms with Crippen molar-refractivity contribution in [2.45, 2.75) is 51.9 Å². The summed E-state index contributed by atoms with van der Waals surface area (Å²) in [6.07, 6.45) is 27.3. The topological polar surface area (TPSA) is 0 Å². The molecule has 0 aromatic carbocycles. The van der Waals surface area contributed by atoms with Crippen LogP contribution in [0.15, 0.2) is 47.6 Å². The quantitative estimate of drug-likeness (QED) is 0.491. The van der Waals surface area contributed by atoms with Crippen LogP contribution in [0.4, 0.5) is 0 Å². The van der Waals surface area contributed by atoms with E-state index in [-0.39, 0.29) is 24.8 Å². The van der Waals surface area contributed by atoms with Crippen LogP contribution < -0.4 is 24.8 Å². The molecule has 3 heteroatoms. The van der Waals surface area contributed by atoms with Crippen molar-refractivity contribution in [3.63, 3.8) is 0 Å². The van der Waals surface area contributed by atoms with Crippen molar-refractivity contribution < 1.29 is 49.0 Å². The molecule has 24 heavy (non-hydrogen) atoms. The molecule has 0 heterocycles. The average molecular weight is 443 g/mol. The fraction of sp³-hybridized carbons (Fsp3) is 0.476. The SMILES string of the molecule is C1=CCC2CC[CH-]C2=C1.C1=CCC2CC[CH-]C2=C1.CC[CH]=[Zr+2].[Cl-].[Cl-]. The zero-order valence-electron chi connectivity index (χ0n) is 14.6. The summed E-state index contributed by atoms with van der Waals surface area (Å²) >= 11 is 1.54. The van der Waals surface area contributed by atoms with Crippen molar-refractivity contribution in [3.8, 4) is 0 Å². The van der Waals surface area contributed by atoms with E-state index in [1.165, 1.54) is 44.9 Å². The maximum atomic E-state index is 2.37. The predicted molar refractivity (Wildman–Crippen MR) is 94.1 cm³/mol. The van der Waals surface area contributed by atoms with E-state index in [2.05, 4.69) is 59.9 Å². The molecule has 0 aliphatic heterocycles. The first kappa shape index (κ1) is 24.0. The van der Waals surface area contributed by atoms with E-state index in [9.17, 15) is 0 Å². The van der Waals surface area contributed by atoms with Gasteiger partial charge in [-0.25, -0.2) is 36.1 Å². The maximum Gasteiger partial charge on any atom is -1.00 e. The Morgan fingerprint density at radius 1 is 0.958 bits per heavy atom. The van der Waals surface area contributed by atoms with Gasteiger partial charge in [-0.2, -0.15) is 0 Å². The summed E-state index contributed by atoms with van der Waals surface area (Å²) < 4.78 is 2.22. The molecule has 2 unspecified atom stereocenters. The van der Waals surface area contributed by atoms with Crippen LogP contribution in [0.3, 0.4) is 0 Å². The number of halogens is 2. The standard InChI is InChI=1S/2C9H11.C3H6.2ClH.Zr/c2*1-2-5-9-7-3-6-8(9)4-1;1-3-2;;;/h2*1-2,4,6,9H,3,5,7H2;1H,3H2,2H3;2*1H;/q2*-1;;;;+2/p-2. The van der Waals surface area contributed by atoms with Gasteiger partial charge in [0.25, 0.3) is 0 Å². The van der Waals surface area contributed by atoms with Gasteiger partial charge in [-0.05, 0) is 24.7 Å². The van der Waals surface area contributed by atoms with Crippen molar-refractivity contribution in [2.75, 3.05) is 0 Å². The minimum atomic E-state index is 0. The summed E-state index contributed by atoms with van der Waals surface area (Å²) in [4.78, 5) is 0. The van der Waals surface area contributed by atoms with Gasteiger partial charge in [0.1, 0.15) is 0 Å². The van der Waals surface area contributed by atoms with Crippen molar-refractivity contribution >= 4 is 3.71 Å². The van der Waals surface area contributed by atoms with Crippen LogP contribution in [0.25, 0.3) is 0 Å². The number of rotatable bonds is 1. The summed E-state index contributed by atoms with van der Waals surface area (Å²) in [5, 5.41) is 0. The van der Waals surface area contributed by atoms with Crippen LogP contribution in [0, 0.1) is 24.7 Å². The first-order valence-electron chi connectivity index (χ1n) is 8.74. The first-order valence-corrected chi connectivity index (χ1v) is 10.2. The molecule has 0 radical (unpaired) electrons. The van der Waals surface area contributed by atoms with Gasteiger partial charge in [-0.3, -0.25) is 0 Å². The Bertz CT molecular complexity index is 434. The molecule has 0 bridgehead atoms. The molecular formula is C21H28Cl2Zr-2. The molecule has 132 valence electrons. The Morgan fingerprint density at radius 3 is 1.71 bits per heavy atom. The molecule has 2 saturated carbocycles. The van der Waals surface area contributed by atoms with Gasteiger partial charge >= 0.3 is 41.3 Å². The van der Waals surface area contributed by atoms with E-state index < -0.39 is 0 Å². The number of allylic oxidation sites excluding steroid dienone is 8. The third kappa shape index (κ3) is 7.94. The molecule has 4 rings (SSSR count). The van der Waals surface area contributed by atoms with Gasteiger partial charge in [-0.15, -0.1) is 37.1 Å². The first-order chi connectivity index (χ1) is 10.8. The van der Waals surface area contributed by atoms with E-state index >= 15 is 0 Å². The zero-order chi connectivity index (χ0) is 15.6. The van der Waals surface area contributed by atoms with Gasteiger partial charge in [-0.1, -0.05) is 12.8 Å². The summed E-state index contributed by atoms with van der Waals surface area (Å²) in [5.41, 5.74) is 3.16. The molecule has 0 amide bonds. The number of hydrogen-bond acceptors (Lipinski definition) is 0. The molecule has 0 aromatic rings. The van der Waals surface area contributed by atoms with E-state index in [0.29, 0.717) is 0 Å². The molecule has 0 spiro atoms. The molecule has 0 aromatic heterocycles. The summed E-state index contributed by atoms with van der Waals surface area (Å²) in [7, 11) is 0. The molecule has 4 aliphatic rings. The van der Waals surface area contributed by atoms with Crippen LogP contribution in [0.1, 0.15) is 51.9 Å².